The van der Waals surface area contributed by atoms with Crippen LogP contribution < -0.4 is 5.43 Å². The van der Waals surface area contributed by atoms with Gasteiger partial charge in [0.05, 0.1) is 0 Å². The number of benzene rings is 2. The van der Waals surface area contributed by atoms with Crippen molar-refractivity contribution in [2.24, 2.45) is 0 Å². The van der Waals surface area contributed by atoms with Gasteiger partial charge in [-0.2, -0.15) is 18.2 Å². The summed E-state index contributed by atoms with van der Waals surface area (Å²) >= 11 is 0. The number of fused-ring (bicyclic) bond motifs is 1. The first-order chi connectivity index (χ1) is 11.1. The summed E-state index contributed by atoms with van der Waals surface area (Å²) < 4.78 is 41.4. The Kier molecular flexibility index (Phi) is 3.83. The van der Waals surface area contributed by atoms with Crippen LogP contribution in [0.15, 0.2) is 36.4 Å². The van der Waals surface area contributed by atoms with E-state index in [-0.39, 0.29) is 12.0 Å². The molecule has 0 aliphatic carbocycles. The second kappa shape index (κ2) is 5.48. The third kappa shape index (κ3) is 2.98. The SMILES string of the molecule is Cc1ccc2ccc([C@H](N3NC(=O)CC3(C)C)C(F)(F)F)cc2c1. The van der Waals surface area contributed by atoms with Crippen molar-refractivity contribution < 1.29 is 18.0 Å². The number of nitrogens with zero attached hydrogens (tertiary/aromatic N) is 1. The number of halogens is 3. The highest BCUT2D eigenvalue weighted by molar-refractivity contribution is 5.84. The number of rotatable bonds is 2. The van der Waals surface area contributed by atoms with E-state index in [1.54, 1.807) is 26.0 Å². The lowest BCUT2D eigenvalue weighted by molar-refractivity contribution is -0.203. The second-order valence-corrected chi connectivity index (χ2v) is 6.95. The maximum atomic E-state index is 13.8. The average molecular weight is 336 g/mol. The molecule has 0 aromatic heterocycles. The van der Waals surface area contributed by atoms with E-state index in [1.165, 1.54) is 6.07 Å². The normalized spacial score (nSPS) is 19.5. The molecule has 3 rings (SSSR count). The number of hydrazine groups is 1. The summed E-state index contributed by atoms with van der Waals surface area (Å²) in [4.78, 5) is 11.7. The number of carbonyl (C=O) groups excluding carboxylic acids is 1. The van der Waals surface area contributed by atoms with E-state index in [9.17, 15) is 18.0 Å². The van der Waals surface area contributed by atoms with Crippen LogP contribution in [0.25, 0.3) is 10.8 Å². The third-order valence-corrected chi connectivity index (χ3v) is 4.39. The van der Waals surface area contributed by atoms with E-state index in [0.29, 0.717) is 0 Å². The minimum atomic E-state index is -4.51. The van der Waals surface area contributed by atoms with E-state index in [4.69, 9.17) is 0 Å². The monoisotopic (exact) mass is 336 g/mol. The average Bonchev–Trinajstić information content (AvgIpc) is 2.70. The molecule has 2 aromatic carbocycles. The highest BCUT2D eigenvalue weighted by atomic mass is 19.4. The molecule has 1 N–H and O–H groups in total. The van der Waals surface area contributed by atoms with Gasteiger partial charge in [0, 0.05) is 12.0 Å². The maximum absolute atomic E-state index is 13.8. The van der Waals surface area contributed by atoms with Crippen LogP contribution in [0.1, 0.15) is 37.4 Å². The maximum Gasteiger partial charge on any atom is 0.409 e. The molecular formula is C18H19F3N2O. The number of nitrogens with one attached hydrogen (secondary N) is 1. The van der Waals surface area contributed by atoms with Crippen LogP contribution in [0.4, 0.5) is 13.2 Å². The molecule has 1 aliphatic heterocycles. The van der Waals surface area contributed by atoms with Gasteiger partial charge in [-0.25, -0.2) is 0 Å². The van der Waals surface area contributed by atoms with E-state index in [0.717, 1.165) is 21.3 Å². The van der Waals surface area contributed by atoms with E-state index in [1.807, 2.05) is 25.1 Å². The Bertz CT molecular complexity index is 798. The Morgan fingerprint density at radius 2 is 1.79 bits per heavy atom. The molecule has 1 fully saturated rings. The van der Waals surface area contributed by atoms with Gasteiger partial charge in [-0.15, -0.1) is 0 Å². The standard InChI is InChI=1S/C18H19F3N2O/c1-11-4-5-12-6-7-13(9-14(12)8-11)16(18(19,20)21)23-17(2,3)10-15(24)22-23/h4-9,16H,10H2,1-3H3,(H,22,24)/t16-/m0/s1. The van der Waals surface area contributed by atoms with Gasteiger partial charge >= 0.3 is 6.18 Å². The molecule has 0 saturated carbocycles. The number of carbonyl (C=O) groups is 1. The van der Waals surface area contributed by atoms with Crippen LogP contribution in [0, 0.1) is 6.92 Å². The minimum Gasteiger partial charge on any atom is -0.287 e. The molecule has 6 heteroatoms. The van der Waals surface area contributed by atoms with Gasteiger partial charge in [0.15, 0.2) is 6.04 Å². The molecule has 1 atom stereocenters. The Labute approximate surface area is 138 Å². The van der Waals surface area contributed by atoms with Crippen molar-refractivity contribution >= 4 is 16.7 Å². The molecule has 1 saturated heterocycles. The zero-order valence-corrected chi connectivity index (χ0v) is 13.7. The molecule has 24 heavy (non-hydrogen) atoms. The van der Waals surface area contributed by atoms with Crippen molar-refractivity contribution in [2.75, 3.05) is 0 Å². The fraction of sp³-hybridized carbons (Fsp3) is 0.389. The van der Waals surface area contributed by atoms with Crippen molar-refractivity contribution in [3.8, 4) is 0 Å². The predicted octanol–water partition coefficient (Wildman–Crippen LogP) is 4.27. The van der Waals surface area contributed by atoms with Crippen LogP contribution >= 0.6 is 0 Å². The van der Waals surface area contributed by atoms with Crippen molar-refractivity contribution in [3.05, 3.63) is 47.5 Å². The molecule has 0 bridgehead atoms. The summed E-state index contributed by atoms with van der Waals surface area (Å²) in [6, 6.07) is 8.51. The molecule has 3 nitrogen and oxygen atoms in total. The number of hydrogen-bond acceptors (Lipinski definition) is 2. The molecule has 1 aliphatic rings. The smallest absolute Gasteiger partial charge is 0.287 e. The minimum absolute atomic E-state index is 0.0340. The van der Waals surface area contributed by atoms with Crippen molar-refractivity contribution in [3.63, 3.8) is 0 Å². The van der Waals surface area contributed by atoms with Gasteiger partial charge in [0.2, 0.25) is 5.91 Å². The largest absolute Gasteiger partial charge is 0.409 e. The number of amides is 1. The summed E-state index contributed by atoms with van der Waals surface area (Å²) in [5, 5.41) is 2.67. The van der Waals surface area contributed by atoms with Crippen LogP contribution in [0.2, 0.25) is 0 Å². The molecule has 0 unspecified atom stereocenters. The quantitative estimate of drug-likeness (QED) is 0.888. The first-order valence-corrected chi connectivity index (χ1v) is 7.74. The van der Waals surface area contributed by atoms with Gasteiger partial charge < -0.3 is 0 Å². The summed E-state index contributed by atoms with van der Waals surface area (Å²) in [6.45, 7) is 5.17. The van der Waals surface area contributed by atoms with Gasteiger partial charge in [0.25, 0.3) is 0 Å². The highest BCUT2D eigenvalue weighted by Gasteiger charge is 2.52. The van der Waals surface area contributed by atoms with Gasteiger partial charge in [-0.05, 0) is 43.2 Å². The van der Waals surface area contributed by atoms with Gasteiger partial charge in [0.1, 0.15) is 0 Å². The highest BCUT2D eigenvalue weighted by Crippen LogP contribution is 2.43. The van der Waals surface area contributed by atoms with Crippen LogP contribution in [-0.2, 0) is 4.79 Å². The summed E-state index contributed by atoms with van der Waals surface area (Å²) in [6.07, 6.45) is -4.47. The zero-order chi connectivity index (χ0) is 17.7. The molecule has 0 spiro atoms. The van der Waals surface area contributed by atoms with Gasteiger partial charge in [-0.1, -0.05) is 35.9 Å². The summed E-state index contributed by atoms with van der Waals surface area (Å²) in [7, 11) is 0. The van der Waals surface area contributed by atoms with Crippen molar-refractivity contribution in [1.29, 1.82) is 0 Å². The van der Waals surface area contributed by atoms with E-state index >= 15 is 0 Å². The van der Waals surface area contributed by atoms with Crippen LogP contribution in [0.3, 0.4) is 0 Å². The fourth-order valence-electron chi connectivity index (χ4n) is 3.26. The molecule has 1 heterocycles. The number of aryl methyl sites for hydroxylation is 1. The lowest BCUT2D eigenvalue weighted by Crippen LogP contribution is -2.51. The number of alkyl halides is 3. The topological polar surface area (TPSA) is 32.3 Å². The third-order valence-electron chi connectivity index (χ3n) is 4.39. The molecular weight excluding hydrogens is 317 g/mol. The lowest BCUT2D eigenvalue weighted by Gasteiger charge is -2.38. The Morgan fingerprint density at radius 1 is 1.12 bits per heavy atom. The summed E-state index contributed by atoms with van der Waals surface area (Å²) in [5.74, 6) is -0.397. The first kappa shape index (κ1) is 16.8. The van der Waals surface area contributed by atoms with Crippen molar-refractivity contribution in [2.45, 2.75) is 44.9 Å². The fourth-order valence-corrected chi connectivity index (χ4v) is 3.26. The van der Waals surface area contributed by atoms with Crippen LogP contribution in [-0.4, -0.2) is 22.6 Å². The molecule has 128 valence electrons. The Balaban J connectivity index is 2.12. The molecule has 1 amide bonds. The Morgan fingerprint density at radius 3 is 2.38 bits per heavy atom. The lowest BCUT2D eigenvalue weighted by atomic mass is 9.95. The van der Waals surface area contributed by atoms with E-state index in [2.05, 4.69) is 5.43 Å². The van der Waals surface area contributed by atoms with Crippen molar-refractivity contribution in [1.82, 2.24) is 10.4 Å². The molecule has 2 aromatic rings. The van der Waals surface area contributed by atoms with E-state index < -0.39 is 23.7 Å². The number of hydrogen-bond donors (Lipinski definition) is 1. The first-order valence-electron chi connectivity index (χ1n) is 7.74. The second-order valence-electron chi connectivity index (χ2n) is 6.95. The zero-order valence-electron chi connectivity index (χ0n) is 13.7. The Hall–Kier alpha value is -2.08. The predicted molar refractivity (Wildman–Crippen MR) is 86.2 cm³/mol. The van der Waals surface area contributed by atoms with Gasteiger partial charge in [-0.3, -0.25) is 10.2 Å². The summed E-state index contributed by atoms with van der Waals surface area (Å²) in [5.41, 5.74) is 2.57. The molecule has 0 radical (unpaired) electrons. The van der Waals surface area contributed by atoms with Crippen LogP contribution in [0.5, 0.6) is 0 Å².